The highest BCUT2D eigenvalue weighted by atomic mass is 35.5. The van der Waals surface area contributed by atoms with Gasteiger partial charge >= 0.3 is 0 Å². The van der Waals surface area contributed by atoms with Crippen molar-refractivity contribution in [1.29, 1.82) is 0 Å². The average molecular weight is 553 g/mol. The van der Waals surface area contributed by atoms with E-state index in [0.717, 1.165) is 36.6 Å². The molecule has 6 aliphatic carbocycles. The number of amides is 1. The van der Waals surface area contributed by atoms with Crippen molar-refractivity contribution in [3.63, 3.8) is 0 Å². The molecule has 1 atom stereocenters. The van der Waals surface area contributed by atoms with Crippen LogP contribution in [0.3, 0.4) is 0 Å². The molecule has 1 amide bonds. The summed E-state index contributed by atoms with van der Waals surface area (Å²) in [6.07, 6.45) is 5.38. The van der Waals surface area contributed by atoms with Gasteiger partial charge in [-0.3, -0.25) is 9.79 Å². The molecule has 38 heavy (non-hydrogen) atoms. The third-order valence-corrected chi connectivity index (χ3v) is 11.9. The molecule has 0 unspecified atom stereocenters. The monoisotopic (exact) mass is 552 g/mol. The number of hydrogen-bond acceptors (Lipinski definition) is 5. The van der Waals surface area contributed by atoms with Crippen molar-refractivity contribution < 1.29 is 13.2 Å². The largest absolute Gasteiger partial charge is 0.366 e. The molecule has 0 saturated heterocycles. The molecule has 7 aliphatic rings. The Morgan fingerprint density at radius 2 is 1.68 bits per heavy atom. The Morgan fingerprint density at radius 1 is 1.05 bits per heavy atom. The minimum absolute atomic E-state index is 0.00739. The molecule has 0 aromatic heterocycles. The highest BCUT2D eigenvalue weighted by molar-refractivity contribution is 7.89. The molecule has 7 nitrogen and oxygen atoms in total. The molecule has 4 bridgehead atoms. The third kappa shape index (κ3) is 3.52. The number of aliphatic imine (C=N–C) groups is 1. The SMILES string of the molecule is CC1(C)NC(C23CC(N(Cc4ccc(Cl)cc4)S(=O)(=O)c4ccccc4)(C2)C3)=N[C@H]1C(=O)NC12CC(C1)C2. The Labute approximate surface area is 229 Å². The van der Waals surface area contributed by atoms with Crippen LogP contribution in [0.4, 0.5) is 0 Å². The zero-order valence-corrected chi connectivity index (χ0v) is 23.3. The minimum atomic E-state index is -3.72. The second kappa shape index (κ2) is 7.83. The Kier molecular flexibility index (Phi) is 5.07. The number of rotatable bonds is 8. The Morgan fingerprint density at radius 3 is 2.26 bits per heavy atom. The van der Waals surface area contributed by atoms with Crippen LogP contribution in [0.25, 0.3) is 0 Å². The highest BCUT2D eigenvalue weighted by Crippen LogP contribution is 2.71. The van der Waals surface area contributed by atoms with E-state index >= 15 is 0 Å². The highest BCUT2D eigenvalue weighted by Gasteiger charge is 2.75. The van der Waals surface area contributed by atoms with Gasteiger partial charge in [0.1, 0.15) is 5.84 Å². The van der Waals surface area contributed by atoms with E-state index < -0.39 is 27.1 Å². The molecule has 2 aromatic carbocycles. The zero-order chi connectivity index (χ0) is 26.6. The summed E-state index contributed by atoms with van der Waals surface area (Å²) in [6.45, 7) is 4.34. The van der Waals surface area contributed by atoms with Crippen molar-refractivity contribution in [1.82, 2.24) is 14.9 Å². The molecular weight excluding hydrogens is 520 g/mol. The fourth-order valence-corrected chi connectivity index (χ4v) is 9.45. The topological polar surface area (TPSA) is 90.9 Å². The van der Waals surface area contributed by atoms with Gasteiger partial charge in [-0.05, 0) is 88.1 Å². The lowest BCUT2D eigenvalue weighted by Gasteiger charge is -2.73. The van der Waals surface area contributed by atoms with Gasteiger partial charge in [-0.2, -0.15) is 4.31 Å². The van der Waals surface area contributed by atoms with Crippen LogP contribution in [0, 0.1) is 11.3 Å². The Bertz CT molecular complexity index is 1420. The summed E-state index contributed by atoms with van der Waals surface area (Å²) < 4.78 is 29.5. The molecule has 1 aliphatic heterocycles. The summed E-state index contributed by atoms with van der Waals surface area (Å²) >= 11 is 6.09. The maximum atomic E-state index is 13.9. The quantitative estimate of drug-likeness (QED) is 0.511. The van der Waals surface area contributed by atoms with E-state index in [1.165, 1.54) is 0 Å². The second-order valence-electron chi connectivity index (χ2n) is 13.0. The van der Waals surface area contributed by atoms with Crippen molar-refractivity contribution in [2.75, 3.05) is 0 Å². The summed E-state index contributed by atoms with van der Waals surface area (Å²) in [5, 5.41) is 7.48. The van der Waals surface area contributed by atoms with Crippen LogP contribution in [-0.2, 0) is 21.4 Å². The molecule has 9 rings (SSSR count). The van der Waals surface area contributed by atoms with Gasteiger partial charge in [0.05, 0.1) is 10.4 Å². The Balaban J connectivity index is 1.13. The van der Waals surface area contributed by atoms with Crippen molar-refractivity contribution in [3.05, 3.63) is 65.2 Å². The molecule has 1 heterocycles. The molecule has 2 N–H and O–H groups in total. The lowest BCUT2D eigenvalue weighted by atomic mass is 9.38. The molecule has 200 valence electrons. The van der Waals surface area contributed by atoms with Crippen LogP contribution in [0.2, 0.25) is 5.02 Å². The van der Waals surface area contributed by atoms with E-state index in [1.807, 2.05) is 32.0 Å². The lowest BCUT2D eigenvalue weighted by Crippen LogP contribution is -2.78. The van der Waals surface area contributed by atoms with E-state index in [2.05, 4.69) is 10.6 Å². The number of carbonyl (C=O) groups is 1. The van der Waals surface area contributed by atoms with E-state index in [0.29, 0.717) is 29.2 Å². The summed E-state index contributed by atoms with van der Waals surface area (Å²) in [7, 11) is -3.72. The number of halogens is 1. The first-order valence-electron chi connectivity index (χ1n) is 13.5. The summed E-state index contributed by atoms with van der Waals surface area (Å²) in [4.78, 5) is 18.5. The van der Waals surface area contributed by atoms with Crippen LogP contribution in [0.1, 0.15) is 57.9 Å². The number of nitrogens with one attached hydrogen (secondary N) is 2. The third-order valence-electron chi connectivity index (χ3n) is 9.66. The maximum absolute atomic E-state index is 13.9. The maximum Gasteiger partial charge on any atom is 0.247 e. The van der Waals surface area contributed by atoms with E-state index in [1.54, 1.807) is 40.7 Å². The summed E-state index contributed by atoms with van der Waals surface area (Å²) in [5.41, 5.74) is -0.229. The van der Waals surface area contributed by atoms with Crippen LogP contribution < -0.4 is 10.6 Å². The molecular formula is C29H33ClN4O3S. The van der Waals surface area contributed by atoms with Crippen LogP contribution in [0.5, 0.6) is 0 Å². The predicted molar refractivity (Wildman–Crippen MR) is 146 cm³/mol. The van der Waals surface area contributed by atoms with E-state index in [9.17, 15) is 13.2 Å². The van der Waals surface area contributed by atoms with Crippen LogP contribution in [-0.4, -0.2) is 47.1 Å². The standard InChI is InChI=1S/C29H33ClN4O3S/c1-26(2)23(24(35)32-28-12-20(13-28)14-28)31-25(33-26)27-16-29(17-27,18-27)34(15-19-8-10-21(30)11-9-19)38(36,37)22-6-4-3-5-7-22/h3-11,20,23H,12-18H2,1-2H3,(H,31,33)(H,32,35)/t20?,23-,27?,28?,29?/m0/s1. The molecule has 6 fully saturated rings. The predicted octanol–water partition coefficient (Wildman–Crippen LogP) is 4.27. The fourth-order valence-electron chi connectivity index (χ4n) is 7.55. The first-order chi connectivity index (χ1) is 17.9. The lowest BCUT2D eigenvalue weighted by molar-refractivity contribution is -0.151. The van der Waals surface area contributed by atoms with Gasteiger partial charge in [0, 0.05) is 28.1 Å². The zero-order valence-electron chi connectivity index (χ0n) is 21.7. The average Bonchev–Trinajstić information content (AvgIpc) is 3.09. The smallest absolute Gasteiger partial charge is 0.247 e. The first-order valence-corrected chi connectivity index (χ1v) is 15.3. The molecule has 9 heteroatoms. The van der Waals surface area contributed by atoms with Gasteiger partial charge in [0.15, 0.2) is 6.04 Å². The van der Waals surface area contributed by atoms with Gasteiger partial charge < -0.3 is 10.6 Å². The number of amidine groups is 1. The van der Waals surface area contributed by atoms with E-state index in [-0.39, 0.29) is 23.4 Å². The summed E-state index contributed by atoms with van der Waals surface area (Å²) in [6, 6.07) is 15.5. The van der Waals surface area contributed by atoms with Gasteiger partial charge in [-0.15, -0.1) is 0 Å². The normalized spacial score (nSPS) is 35.6. The second-order valence-corrected chi connectivity index (χ2v) is 15.3. The molecule has 2 aromatic rings. The minimum Gasteiger partial charge on any atom is -0.366 e. The van der Waals surface area contributed by atoms with Crippen molar-refractivity contribution in [2.45, 2.75) is 86.5 Å². The van der Waals surface area contributed by atoms with E-state index in [4.69, 9.17) is 16.6 Å². The first kappa shape index (κ1) is 24.6. The number of carbonyl (C=O) groups excluding carboxylic acids is 1. The number of sulfonamides is 1. The van der Waals surface area contributed by atoms with Gasteiger partial charge in [-0.25, -0.2) is 8.42 Å². The molecule has 6 saturated carbocycles. The van der Waals surface area contributed by atoms with Crippen molar-refractivity contribution >= 4 is 33.4 Å². The van der Waals surface area contributed by atoms with Gasteiger partial charge in [-0.1, -0.05) is 41.9 Å². The van der Waals surface area contributed by atoms with Gasteiger partial charge in [0.25, 0.3) is 0 Å². The number of hydrogen-bond donors (Lipinski definition) is 2. The number of nitrogens with zero attached hydrogens (tertiary/aromatic N) is 2. The Hall–Kier alpha value is -2.42. The van der Waals surface area contributed by atoms with Crippen LogP contribution in [0.15, 0.2) is 64.5 Å². The van der Waals surface area contributed by atoms with Crippen molar-refractivity contribution in [3.8, 4) is 0 Å². The molecule has 0 radical (unpaired) electrons. The number of benzene rings is 2. The molecule has 0 spiro atoms. The summed E-state index contributed by atoms with van der Waals surface area (Å²) in [5.74, 6) is 1.67. The van der Waals surface area contributed by atoms with Crippen molar-refractivity contribution in [2.24, 2.45) is 16.3 Å². The van der Waals surface area contributed by atoms with Gasteiger partial charge in [0.2, 0.25) is 15.9 Å². The van der Waals surface area contributed by atoms with Crippen LogP contribution >= 0.6 is 11.6 Å². The fraction of sp³-hybridized carbons (Fsp3) is 0.517.